The van der Waals surface area contributed by atoms with Gasteiger partial charge in [-0.25, -0.2) is 9.59 Å². The van der Waals surface area contributed by atoms with E-state index in [9.17, 15) is 14.4 Å². The number of carboxylic acid groups (broad SMARTS) is 1. The molecule has 0 aromatic carbocycles. The molecule has 8 nitrogen and oxygen atoms in total. The van der Waals surface area contributed by atoms with Crippen molar-refractivity contribution in [3.8, 4) is 0 Å². The molecule has 1 fully saturated rings. The van der Waals surface area contributed by atoms with E-state index in [4.69, 9.17) is 15.6 Å². The van der Waals surface area contributed by atoms with E-state index in [1.165, 1.54) is 0 Å². The highest BCUT2D eigenvalue weighted by Crippen LogP contribution is 2.21. The van der Waals surface area contributed by atoms with Crippen molar-refractivity contribution in [3.63, 3.8) is 0 Å². The second kappa shape index (κ2) is 6.93. The van der Waals surface area contributed by atoms with E-state index in [1.54, 1.807) is 7.11 Å². The maximum atomic E-state index is 11.7. The quantitative estimate of drug-likeness (QED) is 0.502. The number of primary amides is 1. The molecule has 3 amide bonds. The molecular formula is C11H19N3O5. The van der Waals surface area contributed by atoms with Crippen LogP contribution in [-0.4, -0.2) is 48.3 Å². The number of rotatable bonds is 6. The fourth-order valence-electron chi connectivity index (χ4n) is 2.14. The summed E-state index contributed by atoms with van der Waals surface area (Å²) in [5.74, 6) is -2.09. The lowest BCUT2D eigenvalue weighted by Gasteiger charge is -2.21. The molecular weight excluding hydrogens is 254 g/mol. The Bertz CT molecular complexity index is 360. The molecule has 0 aliphatic heterocycles. The van der Waals surface area contributed by atoms with Crippen LogP contribution in [0.4, 0.5) is 4.79 Å². The predicted molar refractivity (Wildman–Crippen MR) is 65.3 cm³/mol. The standard InChI is InChI=1S/C11H19N3O5/c1-19-8-4-2-3-6(8)13-11(18)14-7(10(16)17)5-9(12)15/h6-8H,2-5H2,1H3,(H2,12,15)(H,16,17)(H2,13,14,18)/t6?,7-,8?/m0/s1. The van der Waals surface area contributed by atoms with Crippen LogP contribution >= 0.6 is 0 Å². The monoisotopic (exact) mass is 273 g/mol. The average molecular weight is 273 g/mol. The zero-order chi connectivity index (χ0) is 14.4. The number of ether oxygens (including phenoxy) is 1. The van der Waals surface area contributed by atoms with Crippen LogP contribution in [0.25, 0.3) is 0 Å². The van der Waals surface area contributed by atoms with Gasteiger partial charge in [0.2, 0.25) is 5.91 Å². The number of carbonyl (C=O) groups is 3. The van der Waals surface area contributed by atoms with E-state index in [0.717, 1.165) is 19.3 Å². The first kappa shape index (κ1) is 15.2. The van der Waals surface area contributed by atoms with Crippen LogP contribution < -0.4 is 16.4 Å². The first-order valence-corrected chi connectivity index (χ1v) is 6.05. The largest absolute Gasteiger partial charge is 0.480 e. The van der Waals surface area contributed by atoms with Gasteiger partial charge in [0.15, 0.2) is 0 Å². The maximum absolute atomic E-state index is 11.7. The van der Waals surface area contributed by atoms with Crippen molar-refractivity contribution in [1.29, 1.82) is 0 Å². The van der Waals surface area contributed by atoms with Gasteiger partial charge in [0.05, 0.1) is 18.6 Å². The Labute approximate surface area is 110 Å². The number of hydrogen-bond acceptors (Lipinski definition) is 4. The topological polar surface area (TPSA) is 131 Å². The van der Waals surface area contributed by atoms with E-state index in [-0.39, 0.29) is 12.1 Å². The fraction of sp³-hybridized carbons (Fsp3) is 0.727. The lowest BCUT2D eigenvalue weighted by atomic mass is 10.2. The van der Waals surface area contributed by atoms with Gasteiger partial charge in [-0.05, 0) is 19.3 Å². The van der Waals surface area contributed by atoms with Gasteiger partial charge >= 0.3 is 12.0 Å². The number of nitrogens with two attached hydrogens (primary N) is 1. The summed E-state index contributed by atoms with van der Waals surface area (Å²) in [6.45, 7) is 0. The highest BCUT2D eigenvalue weighted by molar-refractivity contribution is 5.87. The maximum Gasteiger partial charge on any atom is 0.326 e. The summed E-state index contributed by atoms with van der Waals surface area (Å²) in [6.07, 6.45) is 2.06. The van der Waals surface area contributed by atoms with Gasteiger partial charge in [-0.15, -0.1) is 0 Å². The molecule has 8 heteroatoms. The smallest absolute Gasteiger partial charge is 0.326 e. The first-order chi connectivity index (χ1) is 8.93. The molecule has 0 saturated heterocycles. The minimum Gasteiger partial charge on any atom is -0.480 e. The van der Waals surface area contributed by atoms with Crippen LogP contribution in [0, 0.1) is 0 Å². The Morgan fingerprint density at radius 1 is 1.42 bits per heavy atom. The van der Waals surface area contributed by atoms with Gasteiger partial charge < -0.3 is 26.2 Å². The third-order valence-corrected chi connectivity index (χ3v) is 3.08. The minimum atomic E-state index is -1.32. The molecule has 1 aliphatic carbocycles. The Morgan fingerprint density at radius 2 is 2.11 bits per heavy atom. The van der Waals surface area contributed by atoms with E-state index in [1.807, 2.05) is 0 Å². The number of nitrogens with one attached hydrogen (secondary N) is 2. The Hall–Kier alpha value is -1.83. The summed E-state index contributed by atoms with van der Waals surface area (Å²) in [5, 5.41) is 13.7. The number of urea groups is 1. The van der Waals surface area contributed by atoms with Crippen molar-refractivity contribution in [2.24, 2.45) is 5.73 Å². The minimum absolute atomic E-state index is 0.0647. The summed E-state index contributed by atoms with van der Waals surface area (Å²) >= 11 is 0. The molecule has 1 rings (SSSR count). The molecule has 0 aromatic rings. The number of aliphatic carboxylic acids is 1. The van der Waals surface area contributed by atoms with Crippen LogP contribution in [0.1, 0.15) is 25.7 Å². The van der Waals surface area contributed by atoms with Gasteiger partial charge in [0, 0.05) is 7.11 Å². The van der Waals surface area contributed by atoms with Crippen LogP contribution in [0.5, 0.6) is 0 Å². The molecule has 1 saturated carbocycles. The molecule has 19 heavy (non-hydrogen) atoms. The van der Waals surface area contributed by atoms with Crippen molar-refractivity contribution in [2.45, 2.75) is 43.9 Å². The second-order valence-corrected chi connectivity index (χ2v) is 4.49. The summed E-state index contributed by atoms with van der Waals surface area (Å²) in [6, 6.07) is -2.10. The Balaban J connectivity index is 2.48. The Morgan fingerprint density at radius 3 is 2.63 bits per heavy atom. The van der Waals surface area contributed by atoms with Crippen molar-refractivity contribution in [1.82, 2.24) is 10.6 Å². The first-order valence-electron chi connectivity index (χ1n) is 6.05. The second-order valence-electron chi connectivity index (χ2n) is 4.49. The summed E-state index contributed by atoms with van der Waals surface area (Å²) < 4.78 is 5.21. The molecule has 0 aromatic heterocycles. The molecule has 2 unspecified atom stereocenters. The highest BCUT2D eigenvalue weighted by Gasteiger charge is 2.30. The van der Waals surface area contributed by atoms with Crippen LogP contribution in [-0.2, 0) is 14.3 Å². The molecule has 1 aliphatic rings. The average Bonchev–Trinajstić information content (AvgIpc) is 2.74. The van der Waals surface area contributed by atoms with Gasteiger partial charge in [0.25, 0.3) is 0 Å². The summed E-state index contributed by atoms with van der Waals surface area (Å²) in [7, 11) is 1.57. The molecule has 0 spiro atoms. The normalized spacial score (nSPS) is 23.6. The van der Waals surface area contributed by atoms with E-state index >= 15 is 0 Å². The Kier molecular flexibility index (Phi) is 5.56. The van der Waals surface area contributed by atoms with Gasteiger partial charge in [0.1, 0.15) is 6.04 Å². The molecule has 3 atom stereocenters. The van der Waals surface area contributed by atoms with Crippen molar-refractivity contribution in [3.05, 3.63) is 0 Å². The van der Waals surface area contributed by atoms with Crippen LogP contribution in [0.15, 0.2) is 0 Å². The molecule has 0 bridgehead atoms. The molecule has 0 radical (unpaired) electrons. The van der Waals surface area contributed by atoms with Crippen LogP contribution in [0.3, 0.4) is 0 Å². The van der Waals surface area contributed by atoms with E-state index < -0.39 is 30.4 Å². The van der Waals surface area contributed by atoms with Crippen LogP contribution in [0.2, 0.25) is 0 Å². The molecule has 5 N–H and O–H groups in total. The third-order valence-electron chi connectivity index (χ3n) is 3.08. The predicted octanol–water partition coefficient (Wildman–Crippen LogP) is -0.818. The lowest BCUT2D eigenvalue weighted by Crippen LogP contribution is -2.51. The van der Waals surface area contributed by atoms with Gasteiger partial charge in [-0.3, -0.25) is 4.79 Å². The number of methoxy groups -OCH3 is 1. The van der Waals surface area contributed by atoms with Crippen molar-refractivity contribution < 1.29 is 24.2 Å². The van der Waals surface area contributed by atoms with Gasteiger partial charge in [-0.2, -0.15) is 0 Å². The van der Waals surface area contributed by atoms with Crippen molar-refractivity contribution in [2.75, 3.05) is 7.11 Å². The van der Waals surface area contributed by atoms with E-state index in [2.05, 4.69) is 10.6 Å². The number of carboxylic acids is 1. The van der Waals surface area contributed by atoms with E-state index in [0.29, 0.717) is 0 Å². The number of amides is 3. The molecule has 0 heterocycles. The van der Waals surface area contributed by atoms with Gasteiger partial charge in [-0.1, -0.05) is 0 Å². The molecule has 108 valence electrons. The van der Waals surface area contributed by atoms with Crippen molar-refractivity contribution >= 4 is 17.9 Å². The lowest BCUT2D eigenvalue weighted by molar-refractivity contribution is -0.140. The zero-order valence-electron chi connectivity index (χ0n) is 10.7. The SMILES string of the molecule is COC1CCCC1NC(=O)N[C@@H](CC(N)=O)C(=O)O. The fourth-order valence-corrected chi connectivity index (χ4v) is 2.14. The highest BCUT2D eigenvalue weighted by atomic mass is 16.5. The zero-order valence-corrected chi connectivity index (χ0v) is 10.7. The summed E-state index contributed by atoms with van der Waals surface area (Å²) in [5.41, 5.74) is 4.92. The summed E-state index contributed by atoms with van der Waals surface area (Å²) in [4.78, 5) is 33.2. The number of hydrogen-bond donors (Lipinski definition) is 4. The number of carbonyl (C=O) groups excluding carboxylic acids is 2. The third kappa shape index (κ3) is 4.74.